The van der Waals surface area contributed by atoms with Crippen molar-refractivity contribution in [3.8, 4) is 66.8 Å². The zero-order chi connectivity index (χ0) is 71.8. The van der Waals surface area contributed by atoms with E-state index in [1.54, 1.807) is 0 Å². The van der Waals surface area contributed by atoms with Gasteiger partial charge >= 0.3 is 0 Å². The van der Waals surface area contributed by atoms with Crippen molar-refractivity contribution < 1.29 is 0 Å². The molecule has 8 heteroatoms. The number of fused-ring (bicyclic) bond motifs is 12. The highest BCUT2D eigenvalue weighted by Gasteiger charge is 2.53. The number of hydrogen-bond donors (Lipinski definition) is 1. The Morgan fingerprint density at radius 2 is 0.582 bits per heavy atom. The Labute approximate surface area is 646 Å². The average molecular weight is 1410 g/mol. The van der Waals surface area contributed by atoms with Crippen LogP contribution in [0.5, 0.6) is 0 Å². The summed E-state index contributed by atoms with van der Waals surface area (Å²) < 4.78 is 0. The molecular formula is C102H82B2N6. The Bertz CT molecular complexity index is 5860. The molecule has 526 valence electrons. The molecule has 14 aromatic rings. The normalized spacial score (nSPS) is 21.4. The molecule has 6 nitrogen and oxygen atoms in total. The molecule has 0 radical (unpaired) electrons. The van der Waals surface area contributed by atoms with Crippen LogP contribution < -0.4 is 62.6 Å². The largest absolute Gasteiger partial charge is 0.368 e. The molecule has 8 atom stereocenters. The fourth-order valence-corrected chi connectivity index (χ4v) is 23.4. The van der Waals surface area contributed by atoms with Crippen LogP contribution >= 0.6 is 0 Å². The van der Waals surface area contributed by atoms with E-state index in [1.807, 2.05) is 0 Å². The minimum atomic E-state index is -0.186. The van der Waals surface area contributed by atoms with Gasteiger partial charge in [0.05, 0.1) is 17.1 Å². The van der Waals surface area contributed by atoms with Crippen molar-refractivity contribution in [1.82, 2.24) is 0 Å². The molecule has 0 spiro atoms. The second kappa shape index (κ2) is 24.8. The summed E-state index contributed by atoms with van der Waals surface area (Å²) in [6.45, 7) is 1.87. The van der Waals surface area contributed by atoms with Crippen molar-refractivity contribution in [3.05, 3.63) is 322 Å². The van der Waals surface area contributed by atoms with E-state index in [1.165, 1.54) is 219 Å². The number of piperidine rings is 2. The Balaban J connectivity index is 0.810. The van der Waals surface area contributed by atoms with Gasteiger partial charge in [-0.25, -0.2) is 0 Å². The molecule has 0 aromatic heterocycles. The summed E-state index contributed by atoms with van der Waals surface area (Å²) in [6, 6.07) is 125. The second-order valence-corrected chi connectivity index (χ2v) is 33.5. The van der Waals surface area contributed by atoms with Gasteiger partial charge in [-0.3, -0.25) is 0 Å². The molecule has 6 fully saturated rings. The maximum absolute atomic E-state index is 4.52. The quantitative estimate of drug-likeness (QED) is 0.130. The number of benzene rings is 14. The lowest BCUT2D eigenvalue weighted by atomic mass is 9.30. The van der Waals surface area contributed by atoms with Gasteiger partial charge in [-0.05, 0) is 195 Å². The lowest BCUT2D eigenvalue weighted by molar-refractivity contribution is 0.242. The highest BCUT2D eigenvalue weighted by Crippen LogP contribution is 2.59. The molecule has 14 aromatic carbocycles. The van der Waals surface area contributed by atoms with Crippen molar-refractivity contribution in [2.75, 3.05) is 42.9 Å². The number of hydrogen-bond acceptors (Lipinski definition) is 6. The molecule has 110 heavy (non-hydrogen) atoms. The first-order valence-electron chi connectivity index (χ1n) is 40.7. The Morgan fingerprint density at radius 3 is 0.982 bits per heavy atom. The molecule has 2 saturated heterocycles. The predicted octanol–water partition coefficient (Wildman–Crippen LogP) is 21.4. The zero-order valence-electron chi connectivity index (χ0n) is 61.7. The van der Waals surface area contributed by atoms with E-state index in [0.717, 1.165) is 48.4 Å². The number of nitrogens with one attached hydrogen (secondary N) is 1. The predicted molar refractivity (Wildman–Crippen MR) is 462 cm³/mol. The molecule has 8 unspecified atom stereocenters. The fourth-order valence-electron chi connectivity index (χ4n) is 23.4. The van der Waals surface area contributed by atoms with Crippen molar-refractivity contribution in [2.24, 2.45) is 35.5 Å². The third-order valence-corrected chi connectivity index (χ3v) is 27.8. The van der Waals surface area contributed by atoms with Crippen LogP contribution in [0, 0.1) is 35.5 Å². The molecule has 6 aliphatic heterocycles. The first-order valence-corrected chi connectivity index (χ1v) is 40.7. The number of anilines is 13. The summed E-state index contributed by atoms with van der Waals surface area (Å²) in [4.78, 5) is 14.1. The van der Waals surface area contributed by atoms with E-state index in [4.69, 9.17) is 0 Å². The molecular weight excluding hydrogens is 1330 g/mol. The van der Waals surface area contributed by atoms with E-state index in [-0.39, 0.29) is 13.4 Å². The third kappa shape index (κ3) is 9.63. The minimum absolute atomic E-state index is 0.139. The minimum Gasteiger partial charge on any atom is -0.368 e. The van der Waals surface area contributed by atoms with E-state index >= 15 is 0 Å². The molecule has 0 amide bonds. The second-order valence-electron chi connectivity index (χ2n) is 33.5. The van der Waals surface area contributed by atoms with Crippen LogP contribution in [0.2, 0.25) is 0 Å². The van der Waals surface area contributed by atoms with Crippen LogP contribution in [0.1, 0.15) is 51.4 Å². The first-order chi connectivity index (χ1) is 54.5. The van der Waals surface area contributed by atoms with E-state index in [2.05, 4.69) is 351 Å². The maximum Gasteiger partial charge on any atom is 0.252 e. The third-order valence-electron chi connectivity index (χ3n) is 27.8. The van der Waals surface area contributed by atoms with Gasteiger partial charge in [-0.2, -0.15) is 0 Å². The molecule has 6 bridgehead atoms. The summed E-state index contributed by atoms with van der Waals surface area (Å²) in [5, 5.41) is 4.52. The van der Waals surface area contributed by atoms with Crippen molar-refractivity contribution >= 4 is 120 Å². The van der Waals surface area contributed by atoms with Crippen LogP contribution in [-0.2, 0) is 0 Å². The van der Waals surface area contributed by atoms with Gasteiger partial charge in [-0.15, -0.1) is 0 Å². The average Bonchev–Trinajstić information content (AvgIpc) is 0.918. The van der Waals surface area contributed by atoms with Crippen molar-refractivity contribution in [2.45, 2.75) is 63.5 Å². The molecule has 4 aliphatic carbocycles. The summed E-state index contributed by atoms with van der Waals surface area (Å²) in [7, 11) is 0. The standard InChI is InChI=1S/C102H82B2N6/c1-7-26-66(27-8-1)80-38-23-39-81(67-28-9-2-10-29-67)100(80)108-92-46-21-19-44-86(92)103-88-60-89-94(61-90(88)105-91-56-78(57-95(108)98(91)103)106-62-74-50-64-48-72(74)54-76(106)52-64)110(102-84(70-34-15-5-16-35-70)42-25-43-85(102)71-36-17-6-18-37-71)97-59-79(107-63-75-51-65-49-73(75)55-77(107)53-65)58-96-99(97)104(89)87-45-20-22-47-93(87)109(96)101-82(68-30-11-3-12-31-68)40-24-41-83(101)69-32-13-4-14-33-69/h1-47,56-61,64-65,72-77,105H,48-55,62-63H2. The Kier molecular flexibility index (Phi) is 14.2. The molecule has 6 heterocycles. The molecule has 24 rings (SSSR count). The van der Waals surface area contributed by atoms with Gasteiger partial charge in [0.1, 0.15) is 0 Å². The van der Waals surface area contributed by atoms with Crippen LogP contribution in [0.3, 0.4) is 0 Å². The van der Waals surface area contributed by atoms with Gasteiger partial charge in [-0.1, -0.05) is 279 Å². The van der Waals surface area contributed by atoms with Crippen LogP contribution in [0.25, 0.3) is 66.8 Å². The molecule has 10 aliphatic rings. The van der Waals surface area contributed by atoms with Crippen LogP contribution in [0.4, 0.5) is 73.9 Å². The number of nitrogens with zero attached hydrogens (tertiary/aromatic N) is 5. The summed E-state index contributed by atoms with van der Waals surface area (Å²) in [5.41, 5.74) is 38.1. The fraction of sp³-hybridized carbons (Fsp3) is 0.176. The summed E-state index contributed by atoms with van der Waals surface area (Å²) in [6.07, 6.45) is 10.6. The lowest BCUT2D eigenvalue weighted by Crippen LogP contribution is -2.65. The first kappa shape index (κ1) is 63.0. The van der Waals surface area contributed by atoms with Gasteiger partial charge < -0.3 is 29.8 Å². The van der Waals surface area contributed by atoms with Gasteiger partial charge in [0.15, 0.2) is 0 Å². The summed E-state index contributed by atoms with van der Waals surface area (Å²) >= 11 is 0. The maximum atomic E-state index is 4.52. The molecule has 4 saturated carbocycles. The Morgan fingerprint density at radius 1 is 0.245 bits per heavy atom. The number of para-hydroxylation sites is 5. The van der Waals surface area contributed by atoms with Crippen LogP contribution in [-0.4, -0.2) is 38.6 Å². The SMILES string of the molecule is c1ccc(-c2cccc(-c3ccccc3)c2N2c3ccccc3B3c4cc5c(cc4Nc4cc(N6CC7CC8CC7CC6C8)cc2c43)N(c2c(-c3ccccc3)cccc2-c2ccccc2)c2cc(N3CC4CC6CC4CC3C6)cc3c2B5c2ccccc2N3c2c(-c3ccccc3)cccc2-c2ccccc2)cc1. The zero-order valence-corrected chi connectivity index (χ0v) is 61.7. The Hall–Kier alpha value is -12.0. The van der Waals surface area contributed by atoms with Crippen molar-refractivity contribution in [3.63, 3.8) is 0 Å². The highest BCUT2D eigenvalue weighted by atomic mass is 15.2. The highest BCUT2D eigenvalue weighted by molar-refractivity contribution is 7.03. The monoisotopic (exact) mass is 1410 g/mol. The molecule has 1 N–H and O–H groups in total. The van der Waals surface area contributed by atoms with E-state index < -0.39 is 0 Å². The van der Waals surface area contributed by atoms with Gasteiger partial charge in [0, 0.05) is 115 Å². The smallest absolute Gasteiger partial charge is 0.252 e. The van der Waals surface area contributed by atoms with E-state index in [0.29, 0.717) is 18.0 Å². The topological polar surface area (TPSA) is 28.2 Å². The van der Waals surface area contributed by atoms with Crippen LogP contribution in [0.15, 0.2) is 322 Å². The van der Waals surface area contributed by atoms with Crippen molar-refractivity contribution in [1.29, 1.82) is 0 Å². The van der Waals surface area contributed by atoms with Gasteiger partial charge in [0.25, 0.3) is 13.4 Å². The number of rotatable bonds is 11. The summed E-state index contributed by atoms with van der Waals surface area (Å²) in [5.74, 6) is 4.64. The lowest BCUT2D eigenvalue weighted by Gasteiger charge is -2.49. The van der Waals surface area contributed by atoms with Gasteiger partial charge in [0.2, 0.25) is 0 Å². The van der Waals surface area contributed by atoms with E-state index in [9.17, 15) is 0 Å².